The van der Waals surface area contributed by atoms with Gasteiger partial charge in [-0.2, -0.15) is 0 Å². The monoisotopic (exact) mass is 335 g/mol. The van der Waals surface area contributed by atoms with Gasteiger partial charge >= 0.3 is 5.97 Å². The number of likely N-dealkylation sites (tertiary alicyclic amines) is 1. The van der Waals surface area contributed by atoms with Crippen molar-refractivity contribution in [2.45, 2.75) is 45.2 Å². The quantitative estimate of drug-likeness (QED) is 0.774. The number of piperidine rings is 1. The van der Waals surface area contributed by atoms with Crippen LogP contribution in [0.5, 0.6) is 11.5 Å². The van der Waals surface area contributed by atoms with Gasteiger partial charge in [-0.05, 0) is 51.3 Å². The second-order valence-corrected chi connectivity index (χ2v) is 6.07. The molecular weight excluding hydrogens is 310 g/mol. The Morgan fingerprint density at radius 1 is 1.12 bits per heavy atom. The van der Waals surface area contributed by atoms with Gasteiger partial charge in [0.05, 0.1) is 14.2 Å². The van der Waals surface area contributed by atoms with E-state index in [1.165, 1.54) is 20.3 Å². The Bertz CT molecular complexity index is 591. The molecule has 0 aromatic heterocycles. The van der Waals surface area contributed by atoms with Crippen molar-refractivity contribution in [1.82, 2.24) is 4.90 Å². The molecule has 0 N–H and O–H groups in total. The predicted octanol–water partition coefficient (Wildman–Crippen LogP) is 2.65. The van der Waals surface area contributed by atoms with Gasteiger partial charge in [-0.15, -0.1) is 0 Å². The summed E-state index contributed by atoms with van der Waals surface area (Å²) in [7, 11) is 2.99. The van der Waals surface area contributed by atoms with Crippen molar-refractivity contribution in [2.24, 2.45) is 0 Å². The van der Waals surface area contributed by atoms with Crippen LogP contribution in [0, 0.1) is 0 Å². The number of rotatable bonds is 5. The first-order valence-corrected chi connectivity index (χ1v) is 8.18. The number of benzene rings is 1. The number of amides is 1. The molecule has 6 nitrogen and oxygen atoms in total. The van der Waals surface area contributed by atoms with Crippen molar-refractivity contribution >= 4 is 11.9 Å². The van der Waals surface area contributed by atoms with Crippen molar-refractivity contribution in [3.63, 3.8) is 0 Å². The average Bonchev–Trinajstić information content (AvgIpc) is 2.58. The molecule has 2 rings (SSSR count). The molecule has 1 aliphatic heterocycles. The number of methoxy groups -OCH3 is 2. The highest BCUT2D eigenvalue weighted by molar-refractivity contribution is 5.94. The maximum Gasteiger partial charge on any atom is 0.342 e. The van der Waals surface area contributed by atoms with Crippen molar-refractivity contribution in [3.8, 4) is 11.5 Å². The van der Waals surface area contributed by atoms with Crippen LogP contribution in [-0.2, 0) is 9.53 Å². The summed E-state index contributed by atoms with van der Waals surface area (Å²) in [4.78, 5) is 26.6. The fourth-order valence-electron chi connectivity index (χ4n) is 3.17. The number of ether oxygens (including phenoxy) is 3. The van der Waals surface area contributed by atoms with Crippen LogP contribution in [0.2, 0.25) is 0 Å². The van der Waals surface area contributed by atoms with Crippen molar-refractivity contribution in [1.29, 1.82) is 0 Å². The van der Waals surface area contributed by atoms with Crippen LogP contribution >= 0.6 is 0 Å². The number of nitrogens with zero attached hydrogens (tertiary/aromatic N) is 1. The standard InChI is InChI=1S/C18H25NO5/c1-12-6-5-7-13(2)19(12)17(20)11-24-18(21)15-10-14(22-3)8-9-16(15)23-4/h8-10,12-13H,5-7,11H2,1-4H3/t12-,13-/m1/s1. The number of hydrogen-bond donors (Lipinski definition) is 0. The summed E-state index contributed by atoms with van der Waals surface area (Å²) in [5.74, 6) is 0.140. The zero-order chi connectivity index (χ0) is 17.7. The summed E-state index contributed by atoms with van der Waals surface area (Å²) in [5.41, 5.74) is 0.240. The molecule has 1 heterocycles. The molecule has 1 aromatic rings. The van der Waals surface area contributed by atoms with Gasteiger partial charge in [0.25, 0.3) is 5.91 Å². The van der Waals surface area contributed by atoms with E-state index in [1.807, 2.05) is 18.7 Å². The van der Waals surface area contributed by atoms with Crippen molar-refractivity contribution < 1.29 is 23.8 Å². The molecular formula is C18H25NO5. The smallest absolute Gasteiger partial charge is 0.342 e. The van der Waals surface area contributed by atoms with E-state index in [9.17, 15) is 9.59 Å². The van der Waals surface area contributed by atoms with E-state index in [4.69, 9.17) is 14.2 Å². The summed E-state index contributed by atoms with van der Waals surface area (Å²) >= 11 is 0. The van der Waals surface area contributed by atoms with Crippen LogP contribution in [-0.4, -0.2) is 49.7 Å². The van der Waals surface area contributed by atoms with E-state index in [0.29, 0.717) is 11.5 Å². The largest absolute Gasteiger partial charge is 0.497 e. The van der Waals surface area contributed by atoms with Crippen LogP contribution in [0.3, 0.4) is 0 Å². The molecule has 0 bridgehead atoms. The molecule has 132 valence electrons. The summed E-state index contributed by atoms with van der Waals surface area (Å²) in [6.45, 7) is 3.79. The predicted molar refractivity (Wildman–Crippen MR) is 89.4 cm³/mol. The minimum absolute atomic E-state index is 0.162. The van der Waals surface area contributed by atoms with E-state index >= 15 is 0 Å². The van der Waals surface area contributed by atoms with Gasteiger partial charge in [0.2, 0.25) is 0 Å². The molecule has 0 aliphatic carbocycles. The molecule has 1 aliphatic rings. The third-order valence-electron chi connectivity index (χ3n) is 4.43. The second kappa shape index (κ2) is 8.04. The van der Waals surface area contributed by atoms with Crippen molar-refractivity contribution in [2.75, 3.05) is 20.8 Å². The fourth-order valence-corrected chi connectivity index (χ4v) is 3.17. The van der Waals surface area contributed by atoms with Gasteiger partial charge in [-0.1, -0.05) is 0 Å². The molecule has 0 saturated carbocycles. The second-order valence-electron chi connectivity index (χ2n) is 6.07. The topological polar surface area (TPSA) is 65.1 Å². The molecule has 0 spiro atoms. The van der Waals surface area contributed by atoms with Gasteiger partial charge < -0.3 is 19.1 Å². The maximum atomic E-state index is 12.4. The number of hydrogen-bond acceptors (Lipinski definition) is 5. The van der Waals surface area contributed by atoms with Crippen LogP contribution in [0.1, 0.15) is 43.5 Å². The summed E-state index contributed by atoms with van der Waals surface area (Å²) in [5, 5.41) is 0. The molecule has 24 heavy (non-hydrogen) atoms. The molecule has 6 heteroatoms. The molecule has 1 amide bonds. The van der Waals surface area contributed by atoms with Crippen LogP contribution in [0.15, 0.2) is 18.2 Å². The lowest BCUT2D eigenvalue weighted by Gasteiger charge is -2.38. The Kier molecular flexibility index (Phi) is 6.06. The van der Waals surface area contributed by atoms with Crippen molar-refractivity contribution in [3.05, 3.63) is 23.8 Å². The summed E-state index contributed by atoms with van der Waals surface area (Å²) in [6.07, 6.45) is 3.08. The molecule has 0 radical (unpaired) electrons. The van der Waals surface area contributed by atoms with Crippen LogP contribution < -0.4 is 9.47 Å². The Labute approximate surface area is 142 Å². The van der Waals surface area contributed by atoms with E-state index < -0.39 is 5.97 Å². The van der Waals surface area contributed by atoms with E-state index in [-0.39, 0.29) is 30.2 Å². The van der Waals surface area contributed by atoms with E-state index in [0.717, 1.165) is 19.3 Å². The lowest BCUT2D eigenvalue weighted by Crippen LogP contribution is -2.49. The molecule has 1 aromatic carbocycles. The molecule has 0 unspecified atom stereocenters. The first-order valence-electron chi connectivity index (χ1n) is 8.18. The summed E-state index contributed by atoms with van der Waals surface area (Å²) in [6, 6.07) is 5.21. The SMILES string of the molecule is COc1ccc(OC)c(C(=O)OCC(=O)N2[C@H](C)CCC[C@H]2C)c1. The molecule has 1 saturated heterocycles. The minimum Gasteiger partial charge on any atom is -0.497 e. The highest BCUT2D eigenvalue weighted by atomic mass is 16.5. The zero-order valence-electron chi connectivity index (χ0n) is 14.7. The van der Waals surface area contributed by atoms with Gasteiger partial charge in [0.1, 0.15) is 17.1 Å². The fraction of sp³-hybridized carbons (Fsp3) is 0.556. The molecule has 1 fully saturated rings. The summed E-state index contributed by atoms with van der Waals surface area (Å²) < 4.78 is 15.5. The van der Waals surface area contributed by atoms with Gasteiger partial charge in [0, 0.05) is 12.1 Å². The maximum absolute atomic E-state index is 12.4. The lowest BCUT2D eigenvalue weighted by atomic mass is 9.97. The van der Waals surface area contributed by atoms with Crippen LogP contribution in [0.4, 0.5) is 0 Å². The average molecular weight is 335 g/mol. The van der Waals surface area contributed by atoms with Gasteiger partial charge in [-0.3, -0.25) is 4.79 Å². The van der Waals surface area contributed by atoms with Crippen LogP contribution in [0.25, 0.3) is 0 Å². The zero-order valence-corrected chi connectivity index (χ0v) is 14.7. The molecule has 2 atom stereocenters. The Balaban J connectivity index is 2.03. The third-order valence-corrected chi connectivity index (χ3v) is 4.43. The highest BCUT2D eigenvalue weighted by Gasteiger charge is 2.29. The Hall–Kier alpha value is -2.24. The number of carbonyl (C=O) groups excluding carboxylic acids is 2. The first-order chi connectivity index (χ1) is 11.5. The lowest BCUT2D eigenvalue weighted by molar-refractivity contribution is -0.140. The minimum atomic E-state index is -0.601. The van der Waals surface area contributed by atoms with E-state index in [1.54, 1.807) is 12.1 Å². The van der Waals surface area contributed by atoms with Gasteiger partial charge in [0.15, 0.2) is 6.61 Å². The van der Waals surface area contributed by atoms with E-state index in [2.05, 4.69) is 0 Å². The Morgan fingerprint density at radius 3 is 2.38 bits per heavy atom. The first kappa shape index (κ1) is 18.1. The number of carbonyl (C=O) groups is 2. The Morgan fingerprint density at radius 2 is 1.79 bits per heavy atom. The number of esters is 1. The third kappa shape index (κ3) is 3.99. The normalized spacial score (nSPS) is 20.4. The van der Waals surface area contributed by atoms with Gasteiger partial charge in [-0.25, -0.2) is 4.79 Å². The highest BCUT2D eigenvalue weighted by Crippen LogP contribution is 2.25.